The van der Waals surface area contributed by atoms with Crippen LogP contribution in [0.25, 0.3) is 10.2 Å². The van der Waals surface area contributed by atoms with Crippen molar-refractivity contribution in [3.05, 3.63) is 23.2 Å². The molecule has 138 valence electrons. The number of aliphatic hydroxyl groups excluding tert-OH is 2. The molecule has 0 aliphatic heterocycles. The zero-order valence-corrected chi connectivity index (χ0v) is 16.1. The molecule has 7 nitrogen and oxygen atoms in total. The molecule has 1 aliphatic carbocycles. The molecule has 0 bridgehead atoms. The van der Waals surface area contributed by atoms with Crippen LogP contribution in [0.5, 0.6) is 0 Å². The summed E-state index contributed by atoms with van der Waals surface area (Å²) in [4.78, 5) is 9.17. The number of hydrogen-bond donors (Lipinski definition) is 4. The highest BCUT2D eigenvalue weighted by molar-refractivity contribution is 7.17. The van der Waals surface area contributed by atoms with E-state index in [2.05, 4.69) is 25.0 Å². The minimum atomic E-state index is -0.800. The Morgan fingerprint density at radius 3 is 2.81 bits per heavy atom. The Bertz CT molecular complexity index is 912. The molecule has 26 heavy (non-hydrogen) atoms. The van der Waals surface area contributed by atoms with Gasteiger partial charge in [-0.25, -0.2) is 4.98 Å². The van der Waals surface area contributed by atoms with Gasteiger partial charge in [0.25, 0.3) is 0 Å². The molecule has 0 amide bonds. The first-order chi connectivity index (χ1) is 12.5. The molecule has 4 N–H and O–H groups in total. The molecule has 1 aliphatic rings. The summed E-state index contributed by atoms with van der Waals surface area (Å²) in [6.45, 7) is 3.97. The third-order valence-corrected chi connectivity index (χ3v) is 6.52. The van der Waals surface area contributed by atoms with Crippen molar-refractivity contribution >= 4 is 49.9 Å². The summed E-state index contributed by atoms with van der Waals surface area (Å²) in [6, 6.07) is 3.67. The Morgan fingerprint density at radius 1 is 1.27 bits per heavy atom. The van der Waals surface area contributed by atoms with Crippen molar-refractivity contribution in [2.24, 2.45) is 5.92 Å². The van der Waals surface area contributed by atoms with Gasteiger partial charge >= 0.3 is 0 Å². The summed E-state index contributed by atoms with van der Waals surface area (Å²) in [5, 5.41) is 30.0. The van der Waals surface area contributed by atoms with Crippen molar-refractivity contribution in [3.63, 3.8) is 0 Å². The van der Waals surface area contributed by atoms with E-state index in [0.29, 0.717) is 18.2 Å². The van der Waals surface area contributed by atoms with E-state index in [9.17, 15) is 10.2 Å². The number of aliphatic hydroxyl groups is 2. The fourth-order valence-electron chi connectivity index (χ4n) is 3.40. The number of hydrogen-bond acceptors (Lipinski definition) is 9. The largest absolute Gasteiger partial charge is 0.390 e. The van der Waals surface area contributed by atoms with Gasteiger partial charge in [-0.2, -0.15) is 9.36 Å². The van der Waals surface area contributed by atoms with E-state index in [1.807, 2.05) is 31.4 Å². The average molecular weight is 392 g/mol. The highest BCUT2D eigenvalue weighted by Crippen LogP contribution is 2.34. The number of rotatable bonds is 5. The minimum absolute atomic E-state index is 0.0981. The second-order valence-electron chi connectivity index (χ2n) is 6.62. The van der Waals surface area contributed by atoms with E-state index in [0.717, 1.165) is 27.3 Å². The van der Waals surface area contributed by atoms with Crippen molar-refractivity contribution in [1.82, 2.24) is 14.3 Å². The van der Waals surface area contributed by atoms with E-state index in [4.69, 9.17) is 0 Å². The highest BCUT2D eigenvalue weighted by atomic mass is 32.1. The summed E-state index contributed by atoms with van der Waals surface area (Å²) >= 11 is 2.92. The second kappa shape index (κ2) is 7.07. The molecule has 1 unspecified atom stereocenters. The van der Waals surface area contributed by atoms with Crippen molar-refractivity contribution < 1.29 is 10.2 Å². The number of aryl methyl sites for hydroxylation is 1. The van der Waals surface area contributed by atoms with Gasteiger partial charge in [-0.1, -0.05) is 13.3 Å². The summed E-state index contributed by atoms with van der Waals surface area (Å²) in [7, 11) is 0. The maximum atomic E-state index is 10.4. The van der Waals surface area contributed by atoms with Crippen LogP contribution < -0.4 is 10.6 Å². The molecule has 1 fully saturated rings. The summed E-state index contributed by atoms with van der Waals surface area (Å²) in [6.07, 6.45) is 0.0555. The SMILES string of the molecule is CC[C@H]1CC(Nc2nc(Nc3cc(C)ns3)nc3ccsc23)[C@H](O)[C@@H]1O. The number of nitrogens with zero attached hydrogens (tertiary/aromatic N) is 3. The zero-order chi connectivity index (χ0) is 18.3. The quantitative estimate of drug-likeness (QED) is 0.530. The minimum Gasteiger partial charge on any atom is -0.390 e. The van der Waals surface area contributed by atoms with Gasteiger partial charge in [-0.05, 0) is 48.3 Å². The molecule has 3 aromatic rings. The summed E-state index contributed by atoms with van der Waals surface area (Å²) < 4.78 is 5.20. The Kier molecular flexibility index (Phi) is 4.78. The lowest BCUT2D eigenvalue weighted by Gasteiger charge is -2.19. The van der Waals surface area contributed by atoms with Crippen LogP contribution in [0.2, 0.25) is 0 Å². The van der Waals surface area contributed by atoms with Crippen LogP contribution in [0.3, 0.4) is 0 Å². The Morgan fingerprint density at radius 2 is 2.12 bits per heavy atom. The molecule has 0 aromatic carbocycles. The molecule has 3 aromatic heterocycles. The first-order valence-electron chi connectivity index (χ1n) is 8.63. The molecular weight excluding hydrogens is 370 g/mol. The molecule has 3 heterocycles. The molecule has 0 spiro atoms. The topological polar surface area (TPSA) is 103 Å². The molecule has 9 heteroatoms. The normalized spacial score (nSPS) is 25.7. The van der Waals surface area contributed by atoms with Crippen LogP contribution >= 0.6 is 22.9 Å². The molecule has 0 saturated heterocycles. The number of thiophene rings is 1. The van der Waals surface area contributed by atoms with Gasteiger partial charge in [-0.3, -0.25) is 0 Å². The number of fused-ring (bicyclic) bond motifs is 1. The monoisotopic (exact) mass is 391 g/mol. The van der Waals surface area contributed by atoms with Crippen molar-refractivity contribution in [2.45, 2.75) is 44.9 Å². The van der Waals surface area contributed by atoms with E-state index >= 15 is 0 Å². The summed E-state index contributed by atoms with van der Waals surface area (Å²) in [5.41, 5.74) is 1.79. The number of anilines is 3. The number of aromatic nitrogens is 3. The summed E-state index contributed by atoms with van der Waals surface area (Å²) in [5.74, 6) is 1.27. The first kappa shape index (κ1) is 17.6. The third-order valence-electron chi connectivity index (χ3n) is 4.81. The van der Waals surface area contributed by atoms with E-state index in [-0.39, 0.29) is 12.0 Å². The third kappa shape index (κ3) is 3.27. The first-order valence-corrected chi connectivity index (χ1v) is 10.3. The lowest BCUT2D eigenvalue weighted by Crippen LogP contribution is -2.35. The molecule has 1 saturated carbocycles. The number of nitrogens with one attached hydrogen (secondary N) is 2. The highest BCUT2D eigenvalue weighted by Gasteiger charge is 2.40. The maximum Gasteiger partial charge on any atom is 0.230 e. The van der Waals surface area contributed by atoms with E-state index in [1.54, 1.807) is 11.3 Å². The smallest absolute Gasteiger partial charge is 0.230 e. The van der Waals surface area contributed by atoms with Crippen LogP contribution in [-0.4, -0.2) is 42.8 Å². The predicted molar refractivity (Wildman–Crippen MR) is 105 cm³/mol. The van der Waals surface area contributed by atoms with Crippen LogP contribution in [-0.2, 0) is 0 Å². The van der Waals surface area contributed by atoms with Gasteiger partial charge in [-0.15, -0.1) is 11.3 Å². The van der Waals surface area contributed by atoms with Gasteiger partial charge in [0.1, 0.15) is 16.9 Å². The molecule has 0 radical (unpaired) electrons. The molecule has 4 rings (SSSR count). The van der Waals surface area contributed by atoms with Gasteiger partial charge in [0.05, 0.1) is 28.1 Å². The molecule has 4 atom stereocenters. The van der Waals surface area contributed by atoms with Crippen LogP contribution in [0.15, 0.2) is 17.5 Å². The lowest BCUT2D eigenvalue weighted by atomic mass is 10.0. The van der Waals surface area contributed by atoms with Crippen LogP contribution in [0.4, 0.5) is 16.8 Å². The predicted octanol–water partition coefficient (Wildman–Crippen LogP) is 3.13. The second-order valence-corrected chi connectivity index (χ2v) is 8.35. The van der Waals surface area contributed by atoms with Gasteiger partial charge in [0.15, 0.2) is 0 Å². The van der Waals surface area contributed by atoms with E-state index < -0.39 is 12.2 Å². The maximum absolute atomic E-state index is 10.4. The standard InChI is InChI=1S/C17H21N5O2S2/c1-3-9-7-11(14(24)13(9)23)18-16-15-10(4-5-25-15)19-17(21-16)20-12-6-8(2)22-26-12/h4-6,9,11,13-14,23-24H,3,7H2,1-2H3,(H2,18,19,20,21)/t9-,11?,13+,14-/m0/s1. The van der Waals surface area contributed by atoms with Crippen LogP contribution in [0.1, 0.15) is 25.5 Å². The van der Waals surface area contributed by atoms with Crippen molar-refractivity contribution in [1.29, 1.82) is 0 Å². The Balaban J connectivity index is 1.62. The lowest BCUT2D eigenvalue weighted by molar-refractivity contribution is 0.0167. The van der Waals surface area contributed by atoms with Crippen LogP contribution in [0, 0.1) is 12.8 Å². The van der Waals surface area contributed by atoms with Gasteiger partial charge in [0, 0.05) is 0 Å². The fourth-order valence-corrected chi connectivity index (χ4v) is 4.84. The van der Waals surface area contributed by atoms with Crippen molar-refractivity contribution in [2.75, 3.05) is 10.6 Å². The van der Waals surface area contributed by atoms with Gasteiger partial charge in [0.2, 0.25) is 5.95 Å². The Labute approximate surface area is 159 Å². The molecular formula is C17H21N5O2S2. The Hall–Kier alpha value is -1.81. The average Bonchev–Trinajstić information content (AvgIpc) is 3.31. The van der Waals surface area contributed by atoms with Crippen molar-refractivity contribution in [3.8, 4) is 0 Å². The zero-order valence-electron chi connectivity index (χ0n) is 14.5. The fraction of sp³-hybridized carbons (Fsp3) is 0.471. The van der Waals surface area contributed by atoms with Gasteiger partial charge < -0.3 is 20.8 Å². The van der Waals surface area contributed by atoms with E-state index in [1.165, 1.54) is 11.5 Å².